The molecule has 2 N–H and O–H groups in total. The fourth-order valence-electron chi connectivity index (χ4n) is 2.45. The van der Waals surface area contributed by atoms with Crippen LogP contribution in [0.2, 0.25) is 5.02 Å². The molecule has 29 heavy (non-hydrogen) atoms. The first-order chi connectivity index (χ1) is 14.0. The van der Waals surface area contributed by atoms with E-state index >= 15 is 0 Å². The molecule has 148 valence electrons. The van der Waals surface area contributed by atoms with Crippen LogP contribution in [0.5, 0.6) is 17.2 Å². The van der Waals surface area contributed by atoms with E-state index in [2.05, 4.69) is 10.5 Å². The summed E-state index contributed by atoms with van der Waals surface area (Å²) in [5, 5.41) is 14.5. The fraction of sp³-hybridized carbons (Fsp3) is 0.0909. The van der Waals surface area contributed by atoms with Gasteiger partial charge in [0, 0.05) is 11.1 Å². The number of hydrogen-bond donors (Lipinski definition) is 2. The number of phenols is 1. The van der Waals surface area contributed by atoms with Crippen molar-refractivity contribution >= 4 is 23.7 Å². The molecular formula is C22H19ClN2O4. The number of nitrogens with zero attached hydrogens (tertiary/aromatic N) is 1. The number of carbonyl (C=O) groups is 1. The highest BCUT2D eigenvalue weighted by Crippen LogP contribution is 2.23. The first kappa shape index (κ1) is 20.2. The van der Waals surface area contributed by atoms with Crippen LogP contribution in [0.4, 0.5) is 0 Å². The third kappa shape index (κ3) is 5.73. The molecule has 3 aromatic rings. The van der Waals surface area contributed by atoms with Gasteiger partial charge in [0.1, 0.15) is 23.9 Å². The van der Waals surface area contributed by atoms with Crippen LogP contribution in [-0.4, -0.2) is 24.3 Å². The zero-order valence-electron chi connectivity index (χ0n) is 15.6. The third-order valence-corrected chi connectivity index (χ3v) is 4.28. The molecule has 0 aromatic heterocycles. The molecule has 0 atom stereocenters. The van der Waals surface area contributed by atoms with E-state index in [1.54, 1.807) is 6.07 Å². The Hall–Kier alpha value is -3.51. The van der Waals surface area contributed by atoms with E-state index in [-0.39, 0.29) is 11.3 Å². The highest BCUT2D eigenvalue weighted by Gasteiger charge is 2.11. The molecule has 3 aromatic carbocycles. The molecule has 0 spiro atoms. The maximum Gasteiger partial charge on any atom is 0.275 e. The number of phenolic OH excluding ortho intramolecular Hbond substituents is 1. The topological polar surface area (TPSA) is 80.2 Å². The van der Waals surface area contributed by atoms with Gasteiger partial charge in [-0.2, -0.15) is 5.10 Å². The molecule has 0 bridgehead atoms. The van der Waals surface area contributed by atoms with E-state index < -0.39 is 5.91 Å². The van der Waals surface area contributed by atoms with E-state index in [0.29, 0.717) is 23.1 Å². The van der Waals surface area contributed by atoms with Crippen LogP contribution in [0.3, 0.4) is 0 Å². The van der Waals surface area contributed by atoms with Crippen LogP contribution < -0.4 is 14.9 Å². The Morgan fingerprint density at radius 2 is 1.76 bits per heavy atom. The van der Waals surface area contributed by atoms with Gasteiger partial charge in [0.15, 0.2) is 0 Å². The molecule has 0 saturated heterocycles. The molecule has 0 aliphatic heterocycles. The zero-order valence-corrected chi connectivity index (χ0v) is 16.4. The first-order valence-electron chi connectivity index (χ1n) is 8.73. The second-order valence-corrected chi connectivity index (χ2v) is 6.50. The Morgan fingerprint density at radius 1 is 1.07 bits per heavy atom. The Kier molecular flexibility index (Phi) is 6.71. The lowest BCUT2D eigenvalue weighted by Gasteiger charge is -2.07. The maximum atomic E-state index is 12.1. The lowest BCUT2D eigenvalue weighted by atomic mass is 10.2. The average molecular weight is 411 g/mol. The number of aromatic hydroxyl groups is 1. The SMILES string of the molecule is COc1ccc(C(=O)N/N=C\c2ccc(OCc3ccc(Cl)cc3)cc2)c(O)c1. The molecule has 0 heterocycles. The largest absolute Gasteiger partial charge is 0.507 e. The molecular weight excluding hydrogens is 392 g/mol. The number of amides is 1. The Morgan fingerprint density at radius 3 is 2.41 bits per heavy atom. The number of hydrazone groups is 1. The summed E-state index contributed by atoms with van der Waals surface area (Å²) < 4.78 is 10.7. The summed E-state index contributed by atoms with van der Waals surface area (Å²) >= 11 is 5.87. The van der Waals surface area contributed by atoms with Gasteiger partial charge in [0.25, 0.3) is 5.91 Å². The van der Waals surface area contributed by atoms with E-state index in [1.165, 1.54) is 25.5 Å². The van der Waals surface area contributed by atoms with Gasteiger partial charge >= 0.3 is 0 Å². The van der Waals surface area contributed by atoms with Gasteiger partial charge < -0.3 is 14.6 Å². The molecule has 0 radical (unpaired) electrons. The number of methoxy groups -OCH3 is 1. The predicted octanol–water partition coefficient (Wildman–Crippen LogP) is 4.40. The second kappa shape index (κ2) is 9.61. The van der Waals surface area contributed by atoms with Crippen LogP contribution in [0.25, 0.3) is 0 Å². The van der Waals surface area contributed by atoms with Crippen molar-refractivity contribution in [3.63, 3.8) is 0 Å². The quantitative estimate of drug-likeness (QED) is 0.447. The van der Waals surface area contributed by atoms with Crippen molar-refractivity contribution in [2.24, 2.45) is 5.10 Å². The predicted molar refractivity (Wildman–Crippen MR) is 112 cm³/mol. The normalized spacial score (nSPS) is 10.7. The number of benzene rings is 3. The summed E-state index contributed by atoms with van der Waals surface area (Å²) in [4.78, 5) is 12.1. The zero-order chi connectivity index (χ0) is 20.6. The van der Waals surface area contributed by atoms with Crippen LogP contribution in [0, 0.1) is 0 Å². The van der Waals surface area contributed by atoms with E-state index in [0.717, 1.165) is 11.1 Å². The summed E-state index contributed by atoms with van der Waals surface area (Å²) in [6, 6.07) is 19.1. The van der Waals surface area contributed by atoms with Crippen LogP contribution in [-0.2, 0) is 6.61 Å². The average Bonchev–Trinajstić information content (AvgIpc) is 2.74. The number of carbonyl (C=O) groups excluding carboxylic acids is 1. The lowest BCUT2D eigenvalue weighted by Crippen LogP contribution is -2.17. The lowest BCUT2D eigenvalue weighted by molar-refractivity contribution is 0.0952. The summed E-state index contributed by atoms with van der Waals surface area (Å²) in [5.74, 6) is 0.466. The number of ether oxygens (including phenoxy) is 2. The summed E-state index contributed by atoms with van der Waals surface area (Å²) in [5.41, 5.74) is 4.28. The van der Waals surface area contributed by atoms with Crippen molar-refractivity contribution in [2.75, 3.05) is 7.11 Å². The van der Waals surface area contributed by atoms with Gasteiger partial charge in [-0.15, -0.1) is 0 Å². The molecule has 0 unspecified atom stereocenters. The highest BCUT2D eigenvalue weighted by molar-refractivity contribution is 6.30. The number of rotatable bonds is 7. The molecule has 1 amide bonds. The molecule has 0 aliphatic carbocycles. The molecule has 0 aliphatic rings. The van der Waals surface area contributed by atoms with Gasteiger partial charge in [0.05, 0.1) is 18.9 Å². The Labute approximate surface area is 173 Å². The standard InChI is InChI=1S/C22H19ClN2O4/c1-28-19-10-11-20(21(26)12-19)22(27)25-24-13-15-4-8-18(9-5-15)29-14-16-2-6-17(23)7-3-16/h2-13,26H,14H2,1H3,(H,25,27)/b24-13-. The number of nitrogens with one attached hydrogen (secondary N) is 1. The molecule has 7 heteroatoms. The van der Waals surface area contributed by atoms with Crippen molar-refractivity contribution < 1.29 is 19.4 Å². The minimum atomic E-state index is -0.524. The summed E-state index contributed by atoms with van der Waals surface area (Å²) in [7, 11) is 1.48. The minimum Gasteiger partial charge on any atom is -0.507 e. The summed E-state index contributed by atoms with van der Waals surface area (Å²) in [6.07, 6.45) is 1.50. The molecule has 3 rings (SSSR count). The van der Waals surface area contributed by atoms with Crippen molar-refractivity contribution in [3.05, 3.63) is 88.4 Å². The minimum absolute atomic E-state index is 0.105. The Bertz CT molecular complexity index is 1000. The van der Waals surface area contributed by atoms with Crippen molar-refractivity contribution in [1.29, 1.82) is 0 Å². The van der Waals surface area contributed by atoms with Crippen LogP contribution in [0.15, 0.2) is 71.8 Å². The summed E-state index contributed by atoms with van der Waals surface area (Å²) in [6.45, 7) is 0.437. The Balaban J connectivity index is 1.53. The molecule has 0 saturated carbocycles. The van der Waals surface area contributed by atoms with Gasteiger partial charge in [-0.1, -0.05) is 23.7 Å². The van der Waals surface area contributed by atoms with Crippen molar-refractivity contribution in [1.82, 2.24) is 5.43 Å². The van der Waals surface area contributed by atoms with E-state index in [1.807, 2.05) is 48.5 Å². The third-order valence-electron chi connectivity index (χ3n) is 4.03. The van der Waals surface area contributed by atoms with Gasteiger partial charge in [-0.3, -0.25) is 4.79 Å². The second-order valence-electron chi connectivity index (χ2n) is 6.07. The molecule has 6 nitrogen and oxygen atoms in total. The fourth-order valence-corrected chi connectivity index (χ4v) is 2.58. The van der Waals surface area contributed by atoms with Crippen LogP contribution in [0.1, 0.15) is 21.5 Å². The van der Waals surface area contributed by atoms with E-state index in [4.69, 9.17) is 21.1 Å². The molecule has 0 fully saturated rings. The highest BCUT2D eigenvalue weighted by atomic mass is 35.5. The van der Waals surface area contributed by atoms with Gasteiger partial charge in [-0.05, 0) is 59.7 Å². The number of hydrogen-bond acceptors (Lipinski definition) is 5. The first-order valence-corrected chi connectivity index (χ1v) is 9.10. The maximum absolute atomic E-state index is 12.1. The van der Waals surface area contributed by atoms with Crippen molar-refractivity contribution in [3.8, 4) is 17.2 Å². The number of halogens is 1. The van der Waals surface area contributed by atoms with Gasteiger partial charge in [-0.25, -0.2) is 5.43 Å². The monoisotopic (exact) mass is 410 g/mol. The van der Waals surface area contributed by atoms with Crippen molar-refractivity contribution in [2.45, 2.75) is 6.61 Å². The van der Waals surface area contributed by atoms with Gasteiger partial charge in [0.2, 0.25) is 0 Å². The van der Waals surface area contributed by atoms with Crippen LogP contribution >= 0.6 is 11.6 Å². The van der Waals surface area contributed by atoms with E-state index in [9.17, 15) is 9.90 Å². The smallest absolute Gasteiger partial charge is 0.275 e.